The molecular formula is C41H47N3O9. The first-order valence-corrected chi connectivity index (χ1v) is 18.0. The quantitative estimate of drug-likeness (QED) is 0.0690. The van der Waals surface area contributed by atoms with Gasteiger partial charge in [0.1, 0.15) is 11.9 Å². The van der Waals surface area contributed by atoms with Crippen LogP contribution in [0.1, 0.15) is 100 Å². The van der Waals surface area contributed by atoms with E-state index in [1.165, 1.54) is 0 Å². The monoisotopic (exact) mass is 725 g/mol. The number of anilines is 1. The van der Waals surface area contributed by atoms with Crippen LogP contribution in [0.25, 0.3) is 0 Å². The van der Waals surface area contributed by atoms with Gasteiger partial charge in [0.05, 0.1) is 58.0 Å². The summed E-state index contributed by atoms with van der Waals surface area (Å²) in [5.74, 6) is 1.75. The zero-order chi connectivity index (χ0) is 37.2. The van der Waals surface area contributed by atoms with Crippen molar-refractivity contribution in [3.05, 3.63) is 117 Å². The van der Waals surface area contributed by atoms with Crippen LogP contribution in [-0.2, 0) is 31.3 Å². The van der Waals surface area contributed by atoms with Crippen molar-refractivity contribution >= 4 is 17.3 Å². The van der Waals surface area contributed by atoms with Gasteiger partial charge in [-0.05, 0) is 89.2 Å². The number of hydrogen-bond donors (Lipinski definition) is 6. The lowest BCUT2D eigenvalue weighted by Gasteiger charge is -2.28. The van der Waals surface area contributed by atoms with Gasteiger partial charge in [-0.1, -0.05) is 48.7 Å². The maximum absolute atomic E-state index is 12.6. The van der Waals surface area contributed by atoms with Crippen molar-refractivity contribution in [1.82, 2.24) is 5.32 Å². The summed E-state index contributed by atoms with van der Waals surface area (Å²) in [5, 5.41) is 50.0. The van der Waals surface area contributed by atoms with Crippen LogP contribution in [-0.4, -0.2) is 52.4 Å². The summed E-state index contributed by atoms with van der Waals surface area (Å²) in [6.07, 6.45) is 4.51. The molecule has 4 aromatic carbocycles. The van der Waals surface area contributed by atoms with Crippen LogP contribution >= 0.6 is 0 Å². The van der Waals surface area contributed by atoms with E-state index in [1.807, 2.05) is 54.6 Å². The fourth-order valence-electron chi connectivity index (χ4n) is 6.70. The Hall–Kier alpha value is -5.14. The summed E-state index contributed by atoms with van der Waals surface area (Å²) in [4.78, 5) is 18.3. The van der Waals surface area contributed by atoms with E-state index >= 15 is 0 Å². The molecule has 2 aliphatic rings. The molecule has 0 saturated carbocycles. The molecule has 12 nitrogen and oxygen atoms in total. The van der Waals surface area contributed by atoms with Gasteiger partial charge in [0.25, 0.3) is 5.91 Å². The molecule has 0 saturated heterocycles. The van der Waals surface area contributed by atoms with E-state index in [4.69, 9.17) is 19.0 Å². The third-order valence-electron chi connectivity index (χ3n) is 9.63. The lowest BCUT2D eigenvalue weighted by atomic mass is 9.94. The first-order valence-electron chi connectivity index (χ1n) is 18.0. The second-order valence-electron chi connectivity index (χ2n) is 13.1. The number of methoxy groups -OCH3 is 1. The number of carbonyl (C=O) groups is 1. The average Bonchev–Trinajstić information content (AvgIpc) is 3.70. The molecule has 0 aliphatic carbocycles. The normalized spacial score (nSPS) is 16.2. The van der Waals surface area contributed by atoms with E-state index in [1.54, 1.807) is 25.3 Å². The Morgan fingerprint density at radius 2 is 1.38 bits per heavy atom. The molecule has 2 heterocycles. The van der Waals surface area contributed by atoms with Crippen LogP contribution in [0.4, 0.5) is 5.69 Å². The van der Waals surface area contributed by atoms with Gasteiger partial charge in [-0.3, -0.25) is 4.79 Å². The molecule has 2 unspecified atom stereocenters. The number of benzene rings is 4. The summed E-state index contributed by atoms with van der Waals surface area (Å²) >= 11 is 0. The highest BCUT2D eigenvalue weighted by Crippen LogP contribution is 2.36. The fourth-order valence-corrected chi connectivity index (χ4v) is 6.70. The Balaban J connectivity index is 0.923. The number of aliphatic hydroxyl groups excluding tert-OH is 4. The van der Waals surface area contributed by atoms with Crippen molar-refractivity contribution in [2.24, 2.45) is 5.16 Å². The van der Waals surface area contributed by atoms with Crippen LogP contribution in [0.2, 0.25) is 0 Å². The van der Waals surface area contributed by atoms with E-state index in [-0.39, 0.29) is 38.4 Å². The lowest BCUT2D eigenvalue weighted by Crippen LogP contribution is -2.38. The number of nitrogens with zero attached hydrogens (tertiary/aromatic N) is 1. The number of rotatable bonds is 18. The second-order valence-corrected chi connectivity index (χ2v) is 13.1. The van der Waals surface area contributed by atoms with E-state index < -0.39 is 6.17 Å². The van der Waals surface area contributed by atoms with Gasteiger partial charge in [-0.2, -0.15) is 0 Å². The van der Waals surface area contributed by atoms with Crippen LogP contribution in [0.3, 0.4) is 0 Å². The highest BCUT2D eigenvalue weighted by atomic mass is 16.6. The first-order chi connectivity index (χ1) is 26.0. The minimum absolute atomic E-state index is 0.142. The molecule has 4 aromatic rings. The second kappa shape index (κ2) is 18.1. The molecule has 53 heavy (non-hydrogen) atoms. The number of nitrogens with one attached hydrogen (secondary N) is 2. The third-order valence-corrected chi connectivity index (χ3v) is 9.63. The van der Waals surface area contributed by atoms with Gasteiger partial charge < -0.3 is 50.1 Å². The number of carbonyl (C=O) groups excluding carboxylic acids is 1. The van der Waals surface area contributed by atoms with Crippen molar-refractivity contribution < 1.29 is 44.3 Å². The molecule has 2 aliphatic heterocycles. The first kappa shape index (κ1) is 37.6. The fraction of sp³-hybridized carbons (Fsp3) is 0.366. The standard InChI is InChI=1S/C41H47N3O9/c1-50-37-14-11-26(38-21-35(44-53-38)28-18-29(22-45)33(25-48)30(19-28)23-46)20-39(37)52-16-8-4-2-3-7-15-51-36-13-12-27(17-31(36)24-47)40-42-34-10-6-5-9-32(34)41(49)43-40/h5-6,9-14,17-20,38,40,42,45-48H,2-4,7-8,15-16,21-25H2,1H3,(H,43,49). The van der Waals surface area contributed by atoms with Gasteiger partial charge in [0.2, 0.25) is 0 Å². The van der Waals surface area contributed by atoms with Crippen molar-refractivity contribution in [2.45, 2.75) is 77.2 Å². The topological polar surface area (TPSA) is 171 Å². The number of oxime groups is 1. The summed E-state index contributed by atoms with van der Waals surface area (Å²) in [6.45, 7) is 0.0987. The van der Waals surface area contributed by atoms with E-state index in [2.05, 4.69) is 15.8 Å². The highest BCUT2D eigenvalue weighted by molar-refractivity contribution is 6.02. The van der Waals surface area contributed by atoms with Crippen LogP contribution in [0.15, 0.2) is 78.0 Å². The van der Waals surface area contributed by atoms with Crippen molar-refractivity contribution in [3.8, 4) is 17.2 Å². The Labute approximate surface area is 309 Å². The zero-order valence-electron chi connectivity index (χ0n) is 29.8. The van der Waals surface area contributed by atoms with Crippen LogP contribution < -0.4 is 24.8 Å². The molecule has 6 N–H and O–H groups in total. The number of amides is 1. The molecule has 1 amide bonds. The Morgan fingerprint density at radius 1 is 0.717 bits per heavy atom. The molecule has 280 valence electrons. The lowest BCUT2D eigenvalue weighted by molar-refractivity contribution is 0.0854. The number of unbranched alkanes of at least 4 members (excludes halogenated alkanes) is 4. The molecule has 0 aromatic heterocycles. The summed E-state index contributed by atoms with van der Waals surface area (Å²) in [5.41, 5.74) is 6.81. The Kier molecular flexibility index (Phi) is 12.8. The number of hydrogen-bond acceptors (Lipinski definition) is 11. The van der Waals surface area contributed by atoms with Crippen molar-refractivity contribution in [3.63, 3.8) is 0 Å². The summed E-state index contributed by atoms with van der Waals surface area (Å²) in [6, 6.07) is 22.2. The molecule has 12 heteroatoms. The minimum atomic E-state index is -0.401. The Bertz CT molecular complexity index is 1890. The van der Waals surface area contributed by atoms with Gasteiger partial charge in [0.15, 0.2) is 17.6 Å². The van der Waals surface area contributed by atoms with Crippen molar-refractivity contribution in [1.29, 1.82) is 0 Å². The van der Waals surface area contributed by atoms with Crippen LogP contribution in [0, 0.1) is 0 Å². The van der Waals surface area contributed by atoms with E-state index in [0.29, 0.717) is 70.4 Å². The summed E-state index contributed by atoms with van der Waals surface area (Å²) in [7, 11) is 1.61. The minimum Gasteiger partial charge on any atom is -0.493 e. The molecule has 6 rings (SSSR count). The number of fused-ring (bicyclic) bond motifs is 1. The van der Waals surface area contributed by atoms with E-state index in [0.717, 1.165) is 54.5 Å². The number of ether oxygens (including phenoxy) is 3. The molecule has 0 bridgehead atoms. The average molecular weight is 726 g/mol. The maximum atomic E-state index is 12.6. The number of aliphatic hydroxyl groups is 4. The molecule has 0 spiro atoms. The maximum Gasteiger partial charge on any atom is 0.255 e. The molecular weight excluding hydrogens is 678 g/mol. The van der Waals surface area contributed by atoms with Gasteiger partial charge >= 0.3 is 0 Å². The highest BCUT2D eigenvalue weighted by Gasteiger charge is 2.27. The predicted octanol–water partition coefficient (Wildman–Crippen LogP) is 5.79. The van der Waals surface area contributed by atoms with Gasteiger partial charge in [-0.25, -0.2) is 0 Å². The molecule has 0 fully saturated rings. The Morgan fingerprint density at radius 3 is 2.08 bits per heavy atom. The largest absolute Gasteiger partial charge is 0.493 e. The van der Waals surface area contributed by atoms with Crippen molar-refractivity contribution in [2.75, 3.05) is 25.6 Å². The van der Waals surface area contributed by atoms with Crippen LogP contribution in [0.5, 0.6) is 17.2 Å². The van der Waals surface area contributed by atoms with E-state index in [9.17, 15) is 25.2 Å². The van der Waals surface area contributed by atoms with Gasteiger partial charge in [0, 0.05) is 23.2 Å². The predicted molar refractivity (Wildman–Crippen MR) is 199 cm³/mol. The third kappa shape index (κ3) is 8.91. The smallest absolute Gasteiger partial charge is 0.255 e. The SMILES string of the molecule is COc1ccc(C2CC(c3cc(CO)c(CO)c(CO)c3)=NO2)cc1OCCCCCCCOc1ccc(C2NC(=O)c3ccccc3N2)cc1CO. The van der Waals surface area contributed by atoms with Gasteiger partial charge in [-0.15, -0.1) is 0 Å². The number of para-hydroxylation sites is 1. The zero-order valence-corrected chi connectivity index (χ0v) is 29.8. The molecule has 2 atom stereocenters. The summed E-state index contributed by atoms with van der Waals surface area (Å²) < 4.78 is 17.7. The molecule has 0 radical (unpaired) electrons.